The van der Waals surface area contributed by atoms with E-state index in [0.717, 1.165) is 23.2 Å². The Bertz CT molecular complexity index is 866. The molecule has 3 atom stereocenters. The van der Waals surface area contributed by atoms with Gasteiger partial charge in [-0.2, -0.15) is 0 Å². The van der Waals surface area contributed by atoms with Crippen LogP contribution in [-0.4, -0.2) is 4.92 Å². The molecule has 2 aliphatic rings. The lowest BCUT2D eigenvalue weighted by Gasteiger charge is -2.38. The molecule has 3 unspecified atom stereocenters. The standard InChI is InChI=1S/C18H14Cl2N2O2/c19-11-8-15-13-5-2-6-14(13)17(21-18(15)16(20)9-11)10-3-1-4-12(7-10)22(23)24/h1-5,7-9,13-14,17,21H,6H2. The zero-order chi connectivity index (χ0) is 16.8. The van der Waals surface area contributed by atoms with Crippen LogP contribution < -0.4 is 5.32 Å². The van der Waals surface area contributed by atoms with E-state index in [-0.39, 0.29) is 28.5 Å². The predicted octanol–water partition coefficient (Wildman–Crippen LogP) is 5.73. The van der Waals surface area contributed by atoms with Gasteiger partial charge in [-0.05, 0) is 35.6 Å². The van der Waals surface area contributed by atoms with Crippen LogP contribution >= 0.6 is 23.2 Å². The monoisotopic (exact) mass is 360 g/mol. The van der Waals surface area contributed by atoms with Gasteiger partial charge in [0.15, 0.2) is 0 Å². The number of nitrogens with zero attached hydrogens (tertiary/aromatic N) is 1. The molecule has 1 aliphatic heterocycles. The molecule has 0 saturated heterocycles. The van der Waals surface area contributed by atoms with Crippen molar-refractivity contribution in [3.63, 3.8) is 0 Å². The Labute approximate surface area is 149 Å². The lowest BCUT2D eigenvalue weighted by Crippen LogP contribution is -2.29. The van der Waals surface area contributed by atoms with Gasteiger partial charge < -0.3 is 5.32 Å². The summed E-state index contributed by atoms with van der Waals surface area (Å²) in [5.74, 6) is 0.496. The molecular formula is C18H14Cl2N2O2. The van der Waals surface area contributed by atoms with Gasteiger partial charge in [-0.1, -0.05) is 47.5 Å². The summed E-state index contributed by atoms with van der Waals surface area (Å²) in [6.07, 6.45) is 5.25. The highest BCUT2D eigenvalue weighted by molar-refractivity contribution is 6.36. The molecule has 4 nitrogen and oxygen atoms in total. The smallest absolute Gasteiger partial charge is 0.269 e. The number of rotatable bonds is 2. The van der Waals surface area contributed by atoms with Gasteiger partial charge in [-0.3, -0.25) is 10.1 Å². The van der Waals surface area contributed by atoms with Crippen LogP contribution in [0.4, 0.5) is 11.4 Å². The van der Waals surface area contributed by atoms with Crippen molar-refractivity contribution in [1.29, 1.82) is 0 Å². The minimum Gasteiger partial charge on any atom is -0.376 e. The van der Waals surface area contributed by atoms with Crippen LogP contribution in [-0.2, 0) is 0 Å². The molecule has 0 radical (unpaired) electrons. The minimum atomic E-state index is -0.364. The van der Waals surface area contributed by atoms with Crippen molar-refractivity contribution >= 4 is 34.6 Å². The van der Waals surface area contributed by atoms with E-state index in [2.05, 4.69) is 17.5 Å². The Hall–Kier alpha value is -2.04. The van der Waals surface area contributed by atoms with E-state index in [0.29, 0.717) is 10.0 Å². The summed E-state index contributed by atoms with van der Waals surface area (Å²) in [6, 6.07) is 10.4. The van der Waals surface area contributed by atoms with E-state index in [4.69, 9.17) is 23.2 Å². The quantitative estimate of drug-likeness (QED) is 0.422. The maximum atomic E-state index is 11.1. The van der Waals surface area contributed by atoms with Gasteiger partial charge >= 0.3 is 0 Å². The molecule has 0 fully saturated rings. The summed E-state index contributed by atoms with van der Waals surface area (Å²) in [5.41, 5.74) is 2.96. The Morgan fingerprint density at radius 1 is 1.21 bits per heavy atom. The highest BCUT2D eigenvalue weighted by Gasteiger charge is 2.39. The number of hydrogen-bond acceptors (Lipinski definition) is 3. The summed E-state index contributed by atoms with van der Waals surface area (Å²) in [6.45, 7) is 0. The van der Waals surface area contributed by atoms with Crippen LogP contribution in [0.2, 0.25) is 10.0 Å². The molecule has 4 rings (SSSR count). The Morgan fingerprint density at radius 2 is 2.04 bits per heavy atom. The Balaban J connectivity index is 1.81. The summed E-state index contributed by atoms with van der Waals surface area (Å²) in [5, 5.41) is 15.8. The lowest BCUT2D eigenvalue weighted by molar-refractivity contribution is -0.384. The lowest BCUT2D eigenvalue weighted by atomic mass is 9.77. The van der Waals surface area contributed by atoms with E-state index < -0.39 is 0 Å². The summed E-state index contributed by atoms with van der Waals surface area (Å²) in [7, 11) is 0. The van der Waals surface area contributed by atoms with Gasteiger partial charge in [0.25, 0.3) is 5.69 Å². The summed E-state index contributed by atoms with van der Waals surface area (Å²) < 4.78 is 0. The van der Waals surface area contributed by atoms with Crippen molar-refractivity contribution in [3.8, 4) is 0 Å². The van der Waals surface area contributed by atoms with Gasteiger partial charge in [0, 0.05) is 23.1 Å². The normalized spacial score (nSPS) is 24.2. The molecule has 24 heavy (non-hydrogen) atoms. The number of allylic oxidation sites excluding steroid dienone is 2. The molecular weight excluding hydrogens is 347 g/mol. The molecule has 1 heterocycles. The van der Waals surface area contributed by atoms with Crippen molar-refractivity contribution in [2.75, 3.05) is 5.32 Å². The van der Waals surface area contributed by atoms with Crippen LogP contribution in [0.15, 0.2) is 48.6 Å². The molecule has 0 aromatic heterocycles. The number of non-ortho nitro benzene ring substituents is 1. The fourth-order valence-electron chi connectivity index (χ4n) is 3.78. The van der Waals surface area contributed by atoms with E-state index in [9.17, 15) is 10.1 Å². The zero-order valence-electron chi connectivity index (χ0n) is 12.6. The van der Waals surface area contributed by atoms with Crippen molar-refractivity contribution < 1.29 is 4.92 Å². The second-order valence-electron chi connectivity index (χ2n) is 6.18. The molecule has 6 heteroatoms. The molecule has 0 bridgehead atoms. The third-order valence-electron chi connectivity index (χ3n) is 4.83. The number of fused-ring (bicyclic) bond motifs is 3. The van der Waals surface area contributed by atoms with E-state index in [1.807, 2.05) is 12.1 Å². The van der Waals surface area contributed by atoms with Crippen LogP contribution in [0.25, 0.3) is 0 Å². The number of nitrogens with one attached hydrogen (secondary N) is 1. The van der Waals surface area contributed by atoms with Gasteiger partial charge in [-0.25, -0.2) is 0 Å². The number of nitro benzene ring substituents is 1. The first-order chi connectivity index (χ1) is 11.5. The molecule has 122 valence electrons. The van der Waals surface area contributed by atoms with E-state index in [1.54, 1.807) is 18.2 Å². The molecule has 0 amide bonds. The first-order valence-corrected chi connectivity index (χ1v) is 8.46. The van der Waals surface area contributed by atoms with Gasteiger partial charge in [0.1, 0.15) is 0 Å². The second-order valence-corrected chi connectivity index (χ2v) is 7.02. The first kappa shape index (κ1) is 15.5. The average Bonchev–Trinajstić information content (AvgIpc) is 3.04. The fourth-order valence-corrected chi connectivity index (χ4v) is 4.35. The van der Waals surface area contributed by atoms with Gasteiger partial charge in [0.2, 0.25) is 0 Å². The zero-order valence-corrected chi connectivity index (χ0v) is 14.1. The van der Waals surface area contributed by atoms with Crippen LogP contribution in [0, 0.1) is 16.0 Å². The van der Waals surface area contributed by atoms with E-state index >= 15 is 0 Å². The minimum absolute atomic E-state index is 0.0314. The maximum Gasteiger partial charge on any atom is 0.269 e. The first-order valence-electron chi connectivity index (χ1n) is 7.71. The van der Waals surface area contributed by atoms with Crippen molar-refractivity contribution in [3.05, 3.63) is 79.8 Å². The molecule has 1 aliphatic carbocycles. The van der Waals surface area contributed by atoms with Crippen LogP contribution in [0.3, 0.4) is 0 Å². The fraction of sp³-hybridized carbons (Fsp3) is 0.222. The highest BCUT2D eigenvalue weighted by atomic mass is 35.5. The van der Waals surface area contributed by atoms with E-state index in [1.165, 1.54) is 6.07 Å². The van der Waals surface area contributed by atoms with Crippen LogP contribution in [0.1, 0.15) is 29.5 Å². The van der Waals surface area contributed by atoms with Gasteiger partial charge in [0.05, 0.1) is 21.7 Å². The summed E-state index contributed by atoms with van der Waals surface area (Å²) >= 11 is 12.6. The number of benzene rings is 2. The number of nitro groups is 1. The Kier molecular flexibility index (Phi) is 3.74. The third kappa shape index (κ3) is 2.46. The maximum absolute atomic E-state index is 11.1. The number of hydrogen-bond donors (Lipinski definition) is 1. The number of anilines is 1. The predicted molar refractivity (Wildman–Crippen MR) is 95.9 cm³/mol. The van der Waals surface area contributed by atoms with Gasteiger partial charge in [-0.15, -0.1) is 0 Å². The van der Waals surface area contributed by atoms with Crippen molar-refractivity contribution in [2.24, 2.45) is 5.92 Å². The average molecular weight is 361 g/mol. The Morgan fingerprint density at radius 3 is 2.83 bits per heavy atom. The molecule has 0 saturated carbocycles. The van der Waals surface area contributed by atoms with Crippen molar-refractivity contribution in [2.45, 2.75) is 18.4 Å². The largest absolute Gasteiger partial charge is 0.376 e. The molecule has 1 N–H and O–H groups in total. The third-order valence-corrected chi connectivity index (χ3v) is 5.34. The molecule has 2 aromatic carbocycles. The van der Waals surface area contributed by atoms with Crippen LogP contribution in [0.5, 0.6) is 0 Å². The highest BCUT2D eigenvalue weighted by Crippen LogP contribution is 2.52. The molecule has 2 aromatic rings. The topological polar surface area (TPSA) is 55.2 Å². The van der Waals surface area contributed by atoms with Crippen molar-refractivity contribution in [1.82, 2.24) is 0 Å². The SMILES string of the molecule is O=[N+]([O-])c1cccc(C2Nc3c(Cl)cc(Cl)cc3C3C=CCC32)c1. The summed E-state index contributed by atoms with van der Waals surface area (Å²) in [4.78, 5) is 10.7. The second kappa shape index (κ2) is 5.80. The number of halogens is 2. The molecule has 0 spiro atoms.